The molecule has 35 heavy (non-hydrogen) atoms. The fourth-order valence-corrected chi connectivity index (χ4v) is 3.72. The van der Waals surface area contributed by atoms with Crippen LogP contribution in [0.3, 0.4) is 0 Å². The topological polar surface area (TPSA) is 112 Å². The Morgan fingerprint density at radius 1 is 1.11 bits per heavy atom. The second kappa shape index (κ2) is 12.0. The summed E-state index contributed by atoms with van der Waals surface area (Å²) in [6, 6.07) is 14.9. The third-order valence-electron chi connectivity index (χ3n) is 4.84. The fourth-order valence-electron chi connectivity index (χ4n) is 3.15. The largest absolute Gasteiger partial charge is 0.496 e. The molecular formula is C25H24BrN3O6. The Labute approximate surface area is 211 Å². The van der Waals surface area contributed by atoms with Crippen LogP contribution < -0.4 is 19.6 Å². The summed E-state index contributed by atoms with van der Waals surface area (Å²) in [4.78, 5) is 22.9. The summed E-state index contributed by atoms with van der Waals surface area (Å²) in [5.41, 5.74) is 5.31. The number of rotatable bonds is 10. The van der Waals surface area contributed by atoms with Gasteiger partial charge in [0.1, 0.15) is 12.4 Å². The number of carbonyl (C=O) groups is 1. The van der Waals surface area contributed by atoms with Crippen LogP contribution in [-0.2, 0) is 6.61 Å². The third kappa shape index (κ3) is 6.80. The van der Waals surface area contributed by atoms with E-state index in [4.69, 9.17) is 14.2 Å². The number of methoxy groups -OCH3 is 1. The fraction of sp³-hybridized carbons (Fsp3) is 0.200. The molecule has 1 amide bonds. The van der Waals surface area contributed by atoms with Gasteiger partial charge in [-0.2, -0.15) is 5.10 Å². The van der Waals surface area contributed by atoms with E-state index in [1.54, 1.807) is 36.4 Å². The minimum Gasteiger partial charge on any atom is -0.496 e. The number of nitrogens with zero attached hydrogens (tertiary/aromatic N) is 2. The molecular weight excluding hydrogens is 518 g/mol. The van der Waals surface area contributed by atoms with Gasteiger partial charge in [0.05, 0.1) is 34.9 Å². The van der Waals surface area contributed by atoms with Crippen molar-refractivity contribution >= 4 is 33.7 Å². The molecule has 0 radical (unpaired) electrons. The Bertz CT molecular complexity index is 1240. The summed E-state index contributed by atoms with van der Waals surface area (Å²) in [6.45, 7) is 4.36. The smallest absolute Gasteiger partial charge is 0.275 e. The Morgan fingerprint density at radius 3 is 2.51 bits per heavy atom. The SMILES string of the molecule is CCOc1cc(/C=N\NC(=O)c2ccc(C)cc2OC)cc(Br)c1OCc1ccc([N+](=O)[O-])cc1. The van der Waals surface area contributed by atoms with Gasteiger partial charge in [0.15, 0.2) is 11.5 Å². The molecule has 0 atom stereocenters. The molecule has 3 rings (SSSR count). The van der Waals surface area contributed by atoms with Crippen molar-refractivity contribution in [3.05, 3.63) is 91.4 Å². The zero-order valence-corrected chi connectivity index (χ0v) is 21.0. The van der Waals surface area contributed by atoms with Gasteiger partial charge < -0.3 is 14.2 Å². The monoisotopic (exact) mass is 541 g/mol. The second-order valence-electron chi connectivity index (χ2n) is 7.38. The zero-order valence-electron chi connectivity index (χ0n) is 19.4. The number of hydrogen-bond acceptors (Lipinski definition) is 7. The van der Waals surface area contributed by atoms with Crippen molar-refractivity contribution in [2.75, 3.05) is 13.7 Å². The van der Waals surface area contributed by atoms with Crippen LogP contribution in [-0.4, -0.2) is 30.8 Å². The number of nitro benzene ring substituents is 1. The van der Waals surface area contributed by atoms with Crippen LogP contribution in [0.5, 0.6) is 17.2 Å². The number of hydrazone groups is 1. The number of nitro groups is 1. The molecule has 0 unspecified atom stereocenters. The van der Waals surface area contributed by atoms with Crippen LogP contribution in [0.1, 0.15) is 34.0 Å². The first-order valence-electron chi connectivity index (χ1n) is 10.6. The average molecular weight is 542 g/mol. The van der Waals surface area contributed by atoms with Gasteiger partial charge in [0.25, 0.3) is 11.6 Å². The molecule has 9 nitrogen and oxygen atoms in total. The summed E-state index contributed by atoms with van der Waals surface area (Å²) < 4.78 is 17.6. The van der Waals surface area contributed by atoms with Crippen LogP contribution >= 0.6 is 15.9 Å². The van der Waals surface area contributed by atoms with Crippen molar-refractivity contribution < 1.29 is 23.9 Å². The maximum atomic E-state index is 12.5. The first-order chi connectivity index (χ1) is 16.8. The van der Waals surface area contributed by atoms with E-state index in [-0.39, 0.29) is 12.3 Å². The molecule has 3 aromatic rings. The van der Waals surface area contributed by atoms with Gasteiger partial charge in [-0.15, -0.1) is 0 Å². The predicted molar refractivity (Wildman–Crippen MR) is 136 cm³/mol. The van der Waals surface area contributed by atoms with Gasteiger partial charge in [-0.1, -0.05) is 6.07 Å². The number of ether oxygens (including phenoxy) is 3. The Hall–Kier alpha value is -3.92. The minimum absolute atomic E-state index is 0.0153. The van der Waals surface area contributed by atoms with Crippen LogP contribution in [0.2, 0.25) is 0 Å². The van der Waals surface area contributed by atoms with Crippen LogP contribution in [0.25, 0.3) is 0 Å². The number of aryl methyl sites for hydroxylation is 1. The van der Waals surface area contributed by atoms with Crippen molar-refractivity contribution in [2.24, 2.45) is 5.10 Å². The van der Waals surface area contributed by atoms with Crippen LogP contribution in [0.4, 0.5) is 5.69 Å². The summed E-state index contributed by atoms with van der Waals surface area (Å²) in [7, 11) is 1.51. The number of amides is 1. The normalized spacial score (nSPS) is 10.7. The first-order valence-corrected chi connectivity index (χ1v) is 11.4. The van der Waals surface area contributed by atoms with Gasteiger partial charge in [-0.25, -0.2) is 5.43 Å². The molecule has 0 heterocycles. The average Bonchev–Trinajstić information content (AvgIpc) is 2.83. The maximum Gasteiger partial charge on any atom is 0.275 e. The highest BCUT2D eigenvalue weighted by molar-refractivity contribution is 9.10. The lowest BCUT2D eigenvalue weighted by molar-refractivity contribution is -0.384. The lowest BCUT2D eigenvalue weighted by Crippen LogP contribution is -2.18. The van der Waals surface area contributed by atoms with E-state index in [0.29, 0.717) is 39.5 Å². The summed E-state index contributed by atoms with van der Waals surface area (Å²) in [5.74, 6) is 1.03. The molecule has 3 aromatic carbocycles. The standard InChI is InChI=1S/C25H24BrN3O6/c1-4-34-23-13-18(14-27-28-25(30)20-10-5-16(2)11-22(20)33-3)12-21(26)24(23)35-15-17-6-8-19(9-7-17)29(31)32/h5-14H,4,15H2,1-3H3,(H,28,30)/b27-14-. The van der Waals surface area contributed by atoms with E-state index >= 15 is 0 Å². The van der Waals surface area contributed by atoms with E-state index < -0.39 is 10.8 Å². The van der Waals surface area contributed by atoms with E-state index in [2.05, 4.69) is 26.5 Å². The highest BCUT2D eigenvalue weighted by Gasteiger charge is 2.14. The number of hydrogen-bond donors (Lipinski definition) is 1. The highest BCUT2D eigenvalue weighted by Crippen LogP contribution is 2.37. The van der Waals surface area contributed by atoms with Crippen molar-refractivity contribution in [1.29, 1.82) is 0 Å². The third-order valence-corrected chi connectivity index (χ3v) is 5.43. The molecule has 0 fully saturated rings. The molecule has 0 aliphatic heterocycles. The van der Waals surface area contributed by atoms with Crippen LogP contribution in [0, 0.1) is 17.0 Å². The Morgan fingerprint density at radius 2 is 1.86 bits per heavy atom. The van der Waals surface area contributed by atoms with Crippen molar-refractivity contribution in [1.82, 2.24) is 5.43 Å². The molecule has 1 N–H and O–H groups in total. The molecule has 10 heteroatoms. The quantitative estimate of drug-likeness (QED) is 0.208. The van der Waals surface area contributed by atoms with Crippen molar-refractivity contribution in [2.45, 2.75) is 20.5 Å². The molecule has 0 saturated heterocycles. The molecule has 182 valence electrons. The van der Waals surface area contributed by atoms with Crippen molar-refractivity contribution in [3.63, 3.8) is 0 Å². The molecule has 0 aromatic heterocycles. The Balaban J connectivity index is 1.72. The van der Waals surface area contributed by atoms with Crippen LogP contribution in [0.15, 0.2) is 64.2 Å². The van der Waals surface area contributed by atoms with Gasteiger partial charge in [-0.05, 0) is 82.9 Å². The molecule has 0 saturated carbocycles. The summed E-state index contributed by atoms with van der Waals surface area (Å²) >= 11 is 3.50. The van der Waals surface area contributed by atoms with Gasteiger partial charge in [0, 0.05) is 12.1 Å². The second-order valence-corrected chi connectivity index (χ2v) is 8.23. The zero-order chi connectivity index (χ0) is 25.4. The number of benzene rings is 3. The summed E-state index contributed by atoms with van der Waals surface area (Å²) in [5, 5.41) is 14.9. The molecule has 0 aliphatic carbocycles. The number of carbonyl (C=O) groups excluding carboxylic acids is 1. The Kier molecular flexibility index (Phi) is 8.80. The summed E-state index contributed by atoms with van der Waals surface area (Å²) in [6.07, 6.45) is 1.49. The predicted octanol–water partition coefficient (Wildman–Crippen LogP) is 5.42. The van der Waals surface area contributed by atoms with E-state index in [1.807, 2.05) is 19.9 Å². The number of nitrogens with one attached hydrogen (secondary N) is 1. The van der Waals surface area contributed by atoms with Gasteiger partial charge in [-0.3, -0.25) is 14.9 Å². The van der Waals surface area contributed by atoms with E-state index in [9.17, 15) is 14.9 Å². The lowest BCUT2D eigenvalue weighted by Gasteiger charge is -2.14. The first kappa shape index (κ1) is 25.7. The van der Waals surface area contributed by atoms with E-state index in [1.165, 1.54) is 25.5 Å². The number of non-ortho nitro benzene ring substituents is 1. The van der Waals surface area contributed by atoms with E-state index in [0.717, 1.165) is 11.1 Å². The highest BCUT2D eigenvalue weighted by atomic mass is 79.9. The number of halogens is 1. The van der Waals surface area contributed by atoms with Gasteiger partial charge in [0.2, 0.25) is 0 Å². The molecule has 0 spiro atoms. The van der Waals surface area contributed by atoms with Crippen molar-refractivity contribution in [3.8, 4) is 17.2 Å². The minimum atomic E-state index is -0.450. The maximum absolute atomic E-state index is 12.5. The molecule has 0 bridgehead atoms. The van der Waals surface area contributed by atoms with Gasteiger partial charge >= 0.3 is 0 Å². The molecule has 0 aliphatic rings. The lowest BCUT2D eigenvalue weighted by atomic mass is 10.1.